The summed E-state index contributed by atoms with van der Waals surface area (Å²) in [7, 11) is 0. The average molecular weight is 428 g/mol. The van der Waals surface area contributed by atoms with Crippen molar-refractivity contribution in [3.8, 4) is 0 Å². The molecule has 0 unspecified atom stereocenters. The summed E-state index contributed by atoms with van der Waals surface area (Å²) in [6.45, 7) is 10.3. The molecule has 0 radical (unpaired) electrons. The van der Waals surface area contributed by atoms with Gasteiger partial charge in [0.1, 0.15) is 0 Å². The van der Waals surface area contributed by atoms with Crippen LogP contribution in [0.3, 0.4) is 0 Å². The smallest absolute Gasteiger partial charge is 0.163 e. The maximum absolute atomic E-state index is 13.1. The van der Waals surface area contributed by atoms with Gasteiger partial charge in [-0.05, 0) is 69.9 Å². The lowest BCUT2D eigenvalue weighted by atomic mass is 9.88. The van der Waals surface area contributed by atoms with Crippen LogP contribution in [0.5, 0.6) is 0 Å². The zero-order valence-corrected chi connectivity index (χ0v) is 18.2. The summed E-state index contributed by atoms with van der Waals surface area (Å²) < 4.78 is 3.11. The van der Waals surface area contributed by atoms with Gasteiger partial charge in [0.05, 0.1) is 5.52 Å². The summed E-state index contributed by atoms with van der Waals surface area (Å²) in [5.41, 5.74) is 5.81. The molecule has 1 aliphatic rings. The molecule has 3 rings (SSSR count). The van der Waals surface area contributed by atoms with Crippen LogP contribution in [0.2, 0.25) is 0 Å². The Kier molecular flexibility index (Phi) is 5.57. The first kappa shape index (κ1) is 19.8. The van der Waals surface area contributed by atoms with Crippen molar-refractivity contribution in [2.75, 3.05) is 0 Å². The number of rotatable bonds is 5. The molecule has 1 heterocycles. The van der Waals surface area contributed by atoms with Gasteiger partial charge in [0, 0.05) is 40.5 Å². The fraction of sp³-hybridized carbons (Fsp3) is 0.391. The van der Waals surface area contributed by atoms with Crippen molar-refractivity contribution in [2.24, 2.45) is 0 Å². The van der Waals surface area contributed by atoms with Gasteiger partial charge in [-0.3, -0.25) is 9.59 Å². The first-order valence-electron chi connectivity index (χ1n) is 9.43. The standard InChI is InChI=1S/C23H26BrNO2/c1-13(2)25-12-16(5)23-19(10-17(24)11-20(23)25)21(26)7-6-18-15(4)8-14(3)9-22(18)27/h8,10-13H,6-7,9H2,1-5H3. The van der Waals surface area contributed by atoms with Crippen molar-refractivity contribution in [1.82, 2.24) is 4.57 Å². The Hall–Kier alpha value is -1.94. The van der Waals surface area contributed by atoms with E-state index >= 15 is 0 Å². The van der Waals surface area contributed by atoms with Crippen molar-refractivity contribution in [1.29, 1.82) is 0 Å². The van der Waals surface area contributed by atoms with Crippen LogP contribution in [-0.2, 0) is 4.79 Å². The Balaban J connectivity index is 1.95. The number of hydrogen-bond acceptors (Lipinski definition) is 2. The quantitative estimate of drug-likeness (QED) is 0.511. The number of nitrogens with zero attached hydrogens (tertiary/aromatic N) is 1. The molecule has 2 aromatic rings. The largest absolute Gasteiger partial charge is 0.345 e. The molecule has 1 aliphatic carbocycles. The molecule has 0 saturated carbocycles. The summed E-state index contributed by atoms with van der Waals surface area (Å²) in [6.07, 6.45) is 5.50. The van der Waals surface area contributed by atoms with Gasteiger partial charge in [-0.1, -0.05) is 27.6 Å². The van der Waals surface area contributed by atoms with Crippen molar-refractivity contribution in [2.45, 2.75) is 59.9 Å². The van der Waals surface area contributed by atoms with Crippen LogP contribution in [0, 0.1) is 6.92 Å². The van der Waals surface area contributed by atoms with E-state index in [1.165, 1.54) is 0 Å². The number of ketones is 2. The average Bonchev–Trinajstić information content (AvgIpc) is 2.89. The summed E-state index contributed by atoms with van der Waals surface area (Å²) in [5.74, 6) is 0.243. The number of carbonyl (C=O) groups is 2. The molecule has 0 aliphatic heterocycles. The van der Waals surface area contributed by atoms with E-state index in [-0.39, 0.29) is 11.6 Å². The predicted octanol–water partition coefficient (Wildman–Crippen LogP) is 6.49. The Morgan fingerprint density at radius 1 is 1.22 bits per heavy atom. The van der Waals surface area contributed by atoms with Crippen molar-refractivity contribution in [3.63, 3.8) is 0 Å². The van der Waals surface area contributed by atoms with Crippen LogP contribution >= 0.6 is 15.9 Å². The van der Waals surface area contributed by atoms with Gasteiger partial charge in [-0.2, -0.15) is 0 Å². The molecule has 0 saturated heterocycles. The minimum absolute atomic E-state index is 0.0882. The molecule has 4 heteroatoms. The minimum Gasteiger partial charge on any atom is -0.345 e. The molecule has 0 atom stereocenters. The zero-order valence-electron chi connectivity index (χ0n) is 16.6. The van der Waals surface area contributed by atoms with E-state index in [0.717, 1.165) is 43.2 Å². The van der Waals surface area contributed by atoms with E-state index < -0.39 is 0 Å². The van der Waals surface area contributed by atoms with Gasteiger partial charge < -0.3 is 4.57 Å². The molecule has 0 spiro atoms. The highest BCUT2D eigenvalue weighted by Gasteiger charge is 2.21. The Bertz CT molecular complexity index is 1010. The third-order valence-corrected chi connectivity index (χ3v) is 5.72. The fourth-order valence-electron chi connectivity index (χ4n) is 4.00. The van der Waals surface area contributed by atoms with Crippen LogP contribution in [-0.4, -0.2) is 16.1 Å². The van der Waals surface area contributed by atoms with E-state index in [9.17, 15) is 9.59 Å². The molecule has 1 aromatic carbocycles. The summed E-state index contributed by atoms with van der Waals surface area (Å²) >= 11 is 3.56. The van der Waals surface area contributed by atoms with Gasteiger partial charge >= 0.3 is 0 Å². The Labute approximate surface area is 169 Å². The molecule has 27 heavy (non-hydrogen) atoms. The maximum atomic E-state index is 13.1. The number of aryl methyl sites for hydroxylation is 1. The molecule has 0 bridgehead atoms. The molecule has 0 amide bonds. The highest BCUT2D eigenvalue weighted by atomic mass is 79.9. The van der Waals surface area contributed by atoms with Crippen molar-refractivity contribution in [3.05, 3.63) is 56.7 Å². The number of benzene rings is 1. The van der Waals surface area contributed by atoms with Crippen molar-refractivity contribution < 1.29 is 9.59 Å². The summed E-state index contributed by atoms with van der Waals surface area (Å²) in [4.78, 5) is 25.4. The topological polar surface area (TPSA) is 39.1 Å². The van der Waals surface area contributed by atoms with Gasteiger partial charge in [-0.25, -0.2) is 0 Å². The number of hydrogen-bond donors (Lipinski definition) is 0. The van der Waals surface area contributed by atoms with Gasteiger partial charge in [0.2, 0.25) is 0 Å². The zero-order chi connectivity index (χ0) is 19.9. The van der Waals surface area contributed by atoms with Crippen LogP contribution in [0.15, 0.2) is 45.6 Å². The van der Waals surface area contributed by atoms with Gasteiger partial charge in [-0.15, -0.1) is 0 Å². The summed E-state index contributed by atoms with van der Waals surface area (Å²) in [5, 5.41) is 1.02. The molecule has 3 nitrogen and oxygen atoms in total. The minimum atomic E-state index is 0.0882. The van der Waals surface area contributed by atoms with E-state index in [1.54, 1.807) is 0 Å². The van der Waals surface area contributed by atoms with Crippen LogP contribution < -0.4 is 0 Å². The highest BCUT2D eigenvalue weighted by molar-refractivity contribution is 9.10. The van der Waals surface area contributed by atoms with Crippen LogP contribution in [0.4, 0.5) is 0 Å². The predicted molar refractivity (Wildman–Crippen MR) is 114 cm³/mol. The molecule has 1 aromatic heterocycles. The Morgan fingerprint density at radius 3 is 2.56 bits per heavy atom. The molecule has 0 fully saturated rings. The number of Topliss-reactive ketones (excluding diaryl/α,β-unsaturated/α-hetero) is 2. The second-order valence-electron chi connectivity index (χ2n) is 7.84. The normalized spacial score (nSPS) is 15.1. The van der Waals surface area contributed by atoms with Crippen LogP contribution in [0.1, 0.15) is 68.9 Å². The number of carbonyl (C=O) groups excluding carboxylic acids is 2. The first-order chi connectivity index (χ1) is 12.7. The van der Waals surface area contributed by atoms with E-state index in [1.807, 2.05) is 19.9 Å². The molecular weight excluding hydrogens is 402 g/mol. The second-order valence-corrected chi connectivity index (χ2v) is 8.75. The number of allylic oxidation sites excluding steroid dienone is 4. The number of aromatic nitrogens is 1. The maximum Gasteiger partial charge on any atom is 0.163 e. The summed E-state index contributed by atoms with van der Waals surface area (Å²) in [6, 6.07) is 4.31. The lowest BCUT2D eigenvalue weighted by Gasteiger charge is -2.15. The molecular formula is C23H26BrNO2. The van der Waals surface area contributed by atoms with E-state index in [2.05, 4.69) is 59.6 Å². The number of halogens is 1. The third-order valence-electron chi connectivity index (χ3n) is 5.26. The second kappa shape index (κ2) is 7.59. The van der Waals surface area contributed by atoms with E-state index in [4.69, 9.17) is 0 Å². The monoisotopic (exact) mass is 427 g/mol. The lowest BCUT2D eigenvalue weighted by Crippen LogP contribution is -2.11. The van der Waals surface area contributed by atoms with Crippen molar-refractivity contribution >= 4 is 38.4 Å². The Morgan fingerprint density at radius 2 is 1.93 bits per heavy atom. The van der Waals surface area contributed by atoms with Crippen LogP contribution in [0.25, 0.3) is 10.9 Å². The lowest BCUT2D eigenvalue weighted by molar-refractivity contribution is -0.115. The van der Waals surface area contributed by atoms with Gasteiger partial charge in [0.15, 0.2) is 11.6 Å². The van der Waals surface area contributed by atoms with Gasteiger partial charge in [0.25, 0.3) is 0 Å². The first-order valence-corrected chi connectivity index (χ1v) is 10.2. The fourth-order valence-corrected chi connectivity index (χ4v) is 4.44. The highest BCUT2D eigenvalue weighted by Crippen LogP contribution is 2.32. The SMILES string of the molecule is CC1=CC(C)=C(CCC(=O)c2cc(Br)cc3c2c(C)cn3C(C)C)C(=O)C1. The van der Waals surface area contributed by atoms with E-state index in [0.29, 0.717) is 25.3 Å². The third kappa shape index (κ3) is 3.86. The molecule has 142 valence electrons. The number of fused-ring (bicyclic) bond motifs is 1. The molecule has 0 N–H and O–H groups in total.